The van der Waals surface area contributed by atoms with Gasteiger partial charge in [0.1, 0.15) is 0 Å². The van der Waals surface area contributed by atoms with Crippen LogP contribution in [0.25, 0.3) is 0 Å². The molecule has 1 aliphatic heterocycles. The molecule has 1 heteroatoms. The van der Waals surface area contributed by atoms with Crippen LogP contribution in [0.1, 0.15) is 66.5 Å². The average molecular weight is 305 g/mol. The van der Waals surface area contributed by atoms with Gasteiger partial charge in [0.05, 0.1) is 6.04 Å². The average Bonchev–Trinajstić information content (AvgIpc) is 2.81. The molecule has 1 aliphatic rings. The van der Waals surface area contributed by atoms with Crippen LogP contribution in [0.3, 0.4) is 0 Å². The van der Waals surface area contributed by atoms with Gasteiger partial charge in [-0.15, -0.1) is 0 Å². The Morgan fingerprint density at radius 3 is 2.57 bits per heavy atom. The lowest BCUT2D eigenvalue weighted by Gasteiger charge is -2.16. The molecule has 1 nitrogen and oxygen atoms in total. The molecule has 0 fully saturated rings. The van der Waals surface area contributed by atoms with Crippen molar-refractivity contribution in [3.05, 3.63) is 70.3 Å². The summed E-state index contributed by atoms with van der Waals surface area (Å²) < 4.78 is 0. The van der Waals surface area contributed by atoms with E-state index in [9.17, 15) is 0 Å². The van der Waals surface area contributed by atoms with Gasteiger partial charge < -0.3 is 0 Å². The quantitative estimate of drug-likeness (QED) is 0.662. The topological polar surface area (TPSA) is 12.4 Å². The molecule has 0 radical (unpaired) electrons. The maximum absolute atomic E-state index is 5.21. The predicted molar refractivity (Wildman–Crippen MR) is 99.5 cm³/mol. The molecule has 3 rings (SSSR count). The fourth-order valence-corrected chi connectivity index (χ4v) is 3.60. The van der Waals surface area contributed by atoms with E-state index >= 15 is 0 Å². The van der Waals surface area contributed by atoms with Crippen LogP contribution in [-0.4, -0.2) is 5.71 Å². The Bertz CT molecular complexity index is 712. The zero-order valence-corrected chi connectivity index (χ0v) is 14.6. The summed E-state index contributed by atoms with van der Waals surface area (Å²) in [6.07, 6.45) is 5.88. The van der Waals surface area contributed by atoms with Gasteiger partial charge >= 0.3 is 0 Å². The highest BCUT2D eigenvalue weighted by Gasteiger charge is 2.18. The first-order valence-corrected chi connectivity index (χ1v) is 8.91. The minimum absolute atomic E-state index is 0.318. The smallest absolute Gasteiger partial charge is 0.0755 e. The van der Waals surface area contributed by atoms with Gasteiger partial charge in [-0.05, 0) is 67.3 Å². The Morgan fingerprint density at radius 2 is 1.83 bits per heavy atom. The molecule has 2 aromatic carbocycles. The van der Waals surface area contributed by atoms with E-state index in [1.807, 2.05) is 0 Å². The molecule has 120 valence electrons. The Hall–Kier alpha value is -1.89. The normalized spacial score (nSPS) is 18.4. The molecule has 0 bridgehead atoms. The van der Waals surface area contributed by atoms with Gasteiger partial charge in [-0.1, -0.05) is 55.8 Å². The van der Waals surface area contributed by atoms with Crippen LogP contribution in [0.5, 0.6) is 0 Å². The van der Waals surface area contributed by atoms with E-state index in [-0.39, 0.29) is 0 Å². The van der Waals surface area contributed by atoms with Crippen LogP contribution >= 0.6 is 0 Å². The molecular weight excluding hydrogens is 278 g/mol. The van der Waals surface area contributed by atoms with Crippen LogP contribution < -0.4 is 0 Å². The second kappa shape index (κ2) is 7.12. The maximum atomic E-state index is 5.21. The molecular formula is C22H27N. The lowest BCUT2D eigenvalue weighted by Crippen LogP contribution is -2.05. The SMILES string of the molecule is CCc1ccc(C2CCCCC(c3ccccc3C)=N2)c(C)c1. The van der Waals surface area contributed by atoms with Crippen LogP contribution in [0, 0.1) is 13.8 Å². The van der Waals surface area contributed by atoms with E-state index in [4.69, 9.17) is 4.99 Å². The molecule has 0 saturated carbocycles. The van der Waals surface area contributed by atoms with E-state index < -0.39 is 0 Å². The number of aryl methyl sites for hydroxylation is 3. The van der Waals surface area contributed by atoms with Crippen molar-refractivity contribution in [1.82, 2.24) is 0 Å². The largest absolute Gasteiger partial charge is 0.281 e. The van der Waals surface area contributed by atoms with Gasteiger partial charge in [-0.25, -0.2) is 0 Å². The molecule has 1 unspecified atom stereocenters. The Labute approximate surface area is 140 Å². The van der Waals surface area contributed by atoms with E-state index in [0.717, 1.165) is 12.8 Å². The number of hydrogen-bond donors (Lipinski definition) is 0. The third-order valence-corrected chi connectivity index (χ3v) is 5.01. The minimum Gasteiger partial charge on any atom is -0.281 e. The number of rotatable bonds is 3. The van der Waals surface area contributed by atoms with Crippen LogP contribution in [0.4, 0.5) is 0 Å². The molecule has 0 aromatic heterocycles. The highest BCUT2D eigenvalue weighted by atomic mass is 14.8. The maximum Gasteiger partial charge on any atom is 0.0755 e. The summed E-state index contributed by atoms with van der Waals surface area (Å²) in [5.74, 6) is 0. The number of nitrogens with zero attached hydrogens (tertiary/aromatic N) is 1. The van der Waals surface area contributed by atoms with Crippen molar-refractivity contribution in [2.24, 2.45) is 4.99 Å². The third-order valence-electron chi connectivity index (χ3n) is 5.01. The summed E-state index contributed by atoms with van der Waals surface area (Å²) in [5, 5.41) is 0. The van der Waals surface area contributed by atoms with Gasteiger partial charge in [0.2, 0.25) is 0 Å². The first-order valence-electron chi connectivity index (χ1n) is 8.91. The molecule has 1 atom stereocenters. The lowest BCUT2D eigenvalue weighted by atomic mass is 9.95. The van der Waals surface area contributed by atoms with Gasteiger partial charge in [0.15, 0.2) is 0 Å². The summed E-state index contributed by atoms with van der Waals surface area (Å²) in [5.41, 5.74) is 8.19. The summed E-state index contributed by atoms with van der Waals surface area (Å²) in [7, 11) is 0. The van der Waals surface area contributed by atoms with Gasteiger partial charge in [0, 0.05) is 5.71 Å². The zero-order valence-electron chi connectivity index (χ0n) is 14.6. The summed E-state index contributed by atoms with van der Waals surface area (Å²) in [4.78, 5) is 5.21. The Kier molecular flexibility index (Phi) is 4.95. The van der Waals surface area contributed by atoms with Crippen molar-refractivity contribution in [2.45, 2.75) is 58.9 Å². The molecule has 0 amide bonds. The second-order valence-corrected chi connectivity index (χ2v) is 6.70. The predicted octanol–water partition coefficient (Wildman–Crippen LogP) is 5.97. The van der Waals surface area contributed by atoms with Crippen molar-refractivity contribution in [1.29, 1.82) is 0 Å². The third kappa shape index (κ3) is 3.55. The van der Waals surface area contributed by atoms with Crippen molar-refractivity contribution in [3.63, 3.8) is 0 Å². The standard InChI is InChI=1S/C22H27N/c1-4-18-13-14-20(17(3)15-18)22-12-8-7-11-21(23-22)19-10-6-5-9-16(19)2/h5-6,9-10,13-15,22H,4,7-8,11-12H2,1-3H3. The van der Waals surface area contributed by atoms with E-state index in [2.05, 4.69) is 63.2 Å². The van der Waals surface area contributed by atoms with Gasteiger partial charge in [-0.3, -0.25) is 4.99 Å². The Balaban J connectivity index is 1.98. The highest BCUT2D eigenvalue weighted by Crippen LogP contribution is 2.31. The van der Waals surface area contributed by atoms with Crippen LogP contribution in [0.2, 0.25) is 0 Å². The van der Waals surface area contributed by atoms with Crippen molar-refractivity contribution in [3.8, 4) is 0 Å². The van der Waals surface area contributed by atoms with Crippen LogP contribution in [-0.2, 0) is 6.42 Å². The fraction of sp³-hybridized carbons (Fsp3) is 0.409. The molecule has 0 spiro atoms. The van der Waals surface area contributed by atoms with Crippen LogP contribution in [0.15, 0.2) is 47.5 Å². The van der Waals surface area contributed by atoms with Crippen molar-refractivity contribution >= 4 is 5.71 Å². The van der Waals surface area contributed by atoms with Gasteiger partial charge in [-0.2, -0.15) is 0 Å². The molecule has 0 saturated heterocycles. The van der Waals surface area contributed by atoms with Crippen molar-refractivity contribution < 1.29 is 0 Å². The van der Waals surface area contributed by atoms with E-state index in [0.29, 0.717) is 6.04 Å². The highest BCUT2D eigenvalue weighted by molar-refractivity contribution is 6.02. The van der Waals surface area contributed by atoms with E-state index in [1.54, 1.807) is 0 Å². The first kappa shape index (κ1) is 16.0. The number of hydrogen-bond acceptors (Lipinski definition) is 1. The monoisotopic (exact) mass is 305 g/mol. The fourth-order valence-electron chi connectivity index (χ4n) is 3.60. The molecule has 0 aliphatic carbocycles. The zero-order chi connectivity index (χ0) is 16.2. The molecule has 1 heterocycles. The minimum atomic E-state index is 0.318. The van der Waals surface area contributed by atoms with E-state index in [1.165, 1.54) is 52.8 Å². The first-order chi connectivity index (χ1) is 11.2. The number of benzene rings is 2. The molecule has 0 N–H and O–H groups in total. The summed E-state index contributed by atoms with van der Waals surface area (Å²) in [6, 6.07) is 15.9. The summed E-state index contributed by atoms with van der Waals surface area (Å²) in [6.45, 7) is 6.65. The molecule has 2 aromatic rings. The summed E-state index contributed by atoms with van der Waals surface area (Å²) >= 11 is 0. The second-order valence-electron chi connectivity index (χ2n) is 6.70. The lowest BCUT2D eigenvalue weighted by molar-refractivity contribution is 0.615. The Morgan fingerprint density at radius 1 is 1.00 bits per heavy atom. The van der Waals surface area contributed by atoms with Gasteiger partial charge in [0.25, 0.3) is 0 Å². The molecule has 23 heavy (non-hydrogen) atoms. The number of aliphatic imine (C=N–C) groups is 1. The van der Waals surface area contributed by atoms with Crippen molar-refractivity contribution in [2.75, 3.05) is 0 Å².